The molecular weight excluding hydrogens is 504 g/mol. The molecule has 0 aromatic heterocycles. The second-order valence-electron chi connectivity index (χ2n) is 8.79. The van der Waals surface area contributed by atoms with Gasteiger partial charge in [-0.1, -0.05) is 35.4 Å². The number of carbonyl (C=O) groups excluding carboxylic acids is 4. The van der Waals surface area contributed by atoms with Crippen molar-refractivity contribution in [3.05, 3.63) is 70.8 Å². The zero-order chi connectivity index (χ0) is 27.3. The molecule has 0 bridgehead atoms. The van der Waals surface area contributed by atoms with E-state index >= 15 is 0 Å². The van der Waals surface area contributed by atoms with Gasteiger partial charge >= 0.3 is 24.2 Å². The maximum atomic E-state index is 11.8. The topological polar surface area (TPSA) is 142 Å². The summed E-state index contributed by atoms with van der Waals surface area (Å²) in [6, 6.07) is 13.2. The van der Waals surface area contributed by atoms with Crippen LogP contribution >= 0.6 is 0 Å². The van der Waals surface area contributed by atoms with Crippen molar-refractivity contribution in [3.63, 3.8) is 0 Å². The smallest absolute Gasteiger partial charge is 0.432 e. The molecule has 2 aromatic rings. The number of hydrogen-bond acceptors (Lipinski definition) is 12. The Labute approximate surface area is 218 Å². The van der Waals surface area contributed by atoms with E-state index in [1.165, 1.54) is 12.1 Å². The molecule has 1 fully saturated rings. The number of benzene rings is 2. The molecule has 0 radical (unpaired) electrons. The lowest BCUT2D eigenvalue weighted by Crippen LogP contribution is -2.24. The molecule has 2 aromatic carbocycles. The molecule has 0 saturated heterocycles. The van der Waals surface area contributed by atoms with Gasteiger partial charge in [-0.3, -0.25) is 9.78 Å². The quantitative estimate of drug-likeness (QED) is 0.227. The van der Waals surface area contributed by atoms with E-state index in [0.717, 1.165) is 11.1 Å². The van der Waals surface area contributed by atoms with Crippen LogP contribution in [0.3, 0.4) is 0 Å². The minimum atomic E-state index is -1.14. The highest BCUT2D eigenvalue weighted by Gasteiger charge is 2.24. The lowest BCUT2D eigenvalue weighted by molar-refractivity contribution is -0.452. The third-order valence-electron chi connectivity index (χ3n) is 5.77. The Hall–Kier alpha value is -4.16. The van der Waals surface area contributed by atoms with Crippen LogP contribution in [-0.2, 0) is 39.1 Å². The highest BCUT2D eigenvalue weighted by molar-refractivity contribution is 5.89. The maximum absolute atomic E-state index is 11.8. The molecule has 0 N–H and O–H groups in total. The van der Waals surface area contributed by atoms with Crippen LogP contribution < -0.4 is 0 Å². The third kappa shape index (κ3) is 9.71. The monoisotopic (exact) mass is 532 g/mol. The van der Waals surface area contributed by atoms with Crippen molar-refractivity contribution in [1.29, 1.82) is 0 Å². The van der Waals surface area contributed by atoms with Crippen molar-refractivity contribution in [1.82, 2.24) is 0 Å². The van der Waals surface area contributed by atoms with Crippen LogP contribution in [0.4, 0.5) is 9.59 Å². The van der Waals surface area contributed by atoms with E-state index in [1.54, 1.807) is 24.3 Å². The van der Waals surface area contributed by atoms with E-state index in [4.69, 9.17) is 9.47 Å². The second-order valence-corrected chi connectivity index (χ2v) is 8.79. The van der Waals surface area contributed by atoms with Crippen molar-refractivity contribution in [2.45, 2.75) is 39.5 Å². The number of rotatable bonds is 10. The normalized spacial score (nSPS) is 16.6. The molecule has 1 aliphatic carbocycles. The van der Waals surface area contributed by atoms with Gasteiger partial charge in [-0.2, -0.15) is 0 Å². The zero-order valence-corrected chi connectivity index (χ0v) is 20.9. The minimum absolute atomic E-state index is 0.0740. The Morgan fingerprint density at radius 1 is 0.632 bits per heavy atom. The predicted octanol–water partition coefficient (Wildman–Crippen LogP) is 5.12. The number of hydrogen-bond donors (Lipinski definition) is 0. The highest BCUT2D eigenvalue weighted by Crippen LogP contribution is 2.29. The van der Waals surface area contributed by atoms with Gasteiger partial charge in [-0.05, 0) is 75.6 Å². The molecule has 0 aliphatic heterocycles. The summed E-state index contributed by atoms with van der Waals surface area (Å²) in [6.45, 7) is 3.79. The molecule has 3 rings (SSSR count). The summed E-state index contributed by atoms with van der Waals surface area (Å²) in [5.74, 6) is -1.49. The van der Waals surface area contributed by atoms with Gasteiger partial charge in [0.25, 0.3) is 0 Å². The molecule has 0 amide bonds. The van der Waals surface area contributed by atoms with Crippen molar-refractivity contribution in [2.24, 2.45) is 11.8 Å². The first kappa shape index (κ1) is 28.4. The predicted molar refractivity (Wildman–Crippen MR) is 126 cm³/mol. The summed E-state index contributed by atoms with van der Waals surface area (Å²) >= 11 is 0. The SMILES string of the molecule is Cc1cccc(C(=O)OOOC(=O)OCC2CCC(COC(=O)OOOC(=O)c3cccc(C)c3)CC2)c1. The Morgan fingerprint density at radius 2 is 1.03 bits per heavy atom. The standard InChI is InChI=1S/C26H28O12/c1-17-5-3-7-21(13-17)23(27)33-37-35-25(29)31-15-19-9-11-20(12-10-19)16-32-26(30)36-38-34-24(28)22-8-4-6-18(2)14-22/h3-8,13-14,19-20H,9-12,15-16H2,1-2H3. The molecule has 0 atom stereocenters. The first-order valence-electron chi connectivity index (χ1n) is 11.9. The van der Waals surface area contributed by atoms with E-state index in [-0.39, 0.29) is 36.2 Å². The van der Waals surface area contributed by atoms with Gasteiger partial charge in [0.15, 0.2) is 0 Å². The van der Waals surface area contributed by atoms with Crippen LogP contribution in [0.5, 0.6) is 0 Å². The molecule has 12 heteroatoms. The number of aryl methyl sites for hydroxylation is 2. The molecule has 1 aliphatic rings. The molecule has 0 spiro atoms. The molecule has 38 heavy (non-hydrogen) atoms. The highest BCUT2D eigenvalue weighted by atomic mass is 17.5. The first-order chi connectivity index (χ1) is 18.3. The largest absolute Gasteiger partial charge is 0.543 e. The molecular formula is C26H28O12. The molecule has 1 saturated carbocycles. The van der Waals surface area contributed by atoms with Gasteiger partial charge in [-0.25, -0.2) is 29.0 Å². The summed E-state index contributed by atoms with van der Waals surface area (Å²) in [5, 5.41) is 8.42. The van der Waals surface area contributed by atoms with Crippen molar-refractivity contribution in [2.75, 3.05) is 13.2 Å². The van der Waals surface area contributed by atoms with Crippen molar-refractivity contribution in [3.8, 4) is 0 Å². The Morgan fingerprint density at radius 3 is 1.39 bits per heavy atom. The van der Waals surface area contributed by atoms with Gasteiger partial charge in [0.1, 0.15) is 0 Å². The summed E-state index contributed by atoms with van der Waals surface area (Å²) in [7, 11) is 0. The number of carbonyl (C=O) groups is 4. The first-order valence-corrected chi connectivity index (χ1v) is 11.9. The second kappa shape index (κ2) is 14.5. The molecule has 0 heterocycles. The van der Waals surface area contributed by atoms with Gasteiger partial charge in [0, 0.05) is 0 Å². The van der Waals surface area contributed by atoms with E-state index in [2.05, 4.69) is 29.6 Å². The van der Waals surface area contributed by atoms with Crippen molar-refractivity contribution < 1.29 is 58.3 Å². The van der Waals surface area contributed by atoms with E-state index in [0.29, 0.717) is 25.7 Å². The Bertz CT molecular complexity index is 1020. The minimum Gasteiger partial charge on any atom is -0.432 e. The summed E-state index contributed by atoms with van der Waals surface area (Å²) < 4.78 is 9.97. The average molecular weight is 532 g/mol. The van der Waals surface area contributed by atoms with Crippen LogP contribution in [0.1, 0.15) is 57.5 Å². The summed E-state index contributed by atoms with van der Waals surface area (Å²) in [4.78, 5) is 64.3. The fourth-order valence-corrected chi connectivity index (χ4v) is 3.78. The maximum Gasteiger partial charge on any atom is 0.543 e. The lowest BCUT2D eigenvalue weighted by atomic mass is 9.83. The Balaban J connectivity index is 1.21. The van der Waals surface area contributed by atoms with Gasteiger partial charge < -0.3 is 9.47 Å². The zero-order valence-electron chi connectivity index (χ0n) is 20.9. The van der Waals surface area contributed by atoms with Crippen LogP contribution in [0.2, 0.25) is 0 Å². The average Bonchev–Trinajstić information content (AvgIpc) is 2.91. The fourth-order valence-electron chi connectivity index (χ4n) is 3.78. The van der Waals surface area contributed by atoms with Gasteiger partial charge in [-0.15, -0.1) is 0 Å². The van der Waals surface area contributed by atoms with E-state index in [1.807, 2.05) is 26.0 Å². The van der Waals surface area contributed by atoms with Crippen molar-refractivity contribution >= 4 is 24.2 Å². The summed E-state index contributed by atoms with van der Waals surface area (Å²) in [6.07, 6.45) is 0.569. The molecule has 12 nitrogen and oxygen atoms in total. The lowest BCUT2D eigenvalue weighted by Gasteiger charge is -2.27. The van der Waals surface area contributed by atoms with Gasteiger partial charge in [0.05, 0.1) is 34.4 Å². The fraction of sp³-hybridized carbons (Fsp3) is 0.385. The van der Waals surface area contributed by atoms with E-state index in [9.17, 15) is 19.2 Å². The van der Waals surface area contributed by atoms with Gasteiger partial charge in [0.2, 0.25) is 0 Å². The van der Waals surface area contributed by atoms with Crippen LogP contribution in [-0.4, -0.2) is 37.5 Å². The third-order valence-corrected chi connectivity index (χ3v) is 5.77. The van der Waals surface area contributed by atoms with Crippen LogP contribution in [0.25, 0.3) is 0 Å². The molecule has 204 valence electrons. The summed E-state index contributed by atoms with van der Waals surface area (Å²) in [5.41, 5.74) is 2.19. The van der Waals surface area contributed by atoms with Crippen LogP contribution in [0.15, 0.2) is 48.5 Å². The number of ether oxygens (including phenoxy) is 2. The van der Waals surface area contributed by atoms with E-state index < -0.39 is 24.2 Å². The Kier molecular flexibility index (Phi) is 10.9. The molecule has 0 unspecified atom stereocenters. The van der Waals surface area contributed by atoms with Crippen LogP contribution in [0, 0.1) is 25.7 Å².